The van der Waals surface area contributed by atoms with Crippen molar-refractivity contribution in [3.05, 3.63) is 46.4 Å². The average molecular weight is 252 g/mol. The van der Waals surface area contributed by atoms with Crippen LogP contribution in [0.5, 0.6) is 0 Å². The maximum atomic E-state index is 11.8. The SMILES string of the molecule is C=CCn1ncc(NC2CC=CC2)c(Cl)c1=O. The highest BCUT2D eigenvalue weighted by atomic mass is 35.5. The molecule has 0 saturated heterocycles. The smallest absolute Gasteiger partial charge is 0.287 e. The summed E-state index contributed by atoms with van der Waals surface area (Å²) < 4.78 is 1.29. The second-order valence-corrected chi connectivity index (χ2v) is 4.31. The highest BCUT2D eigenvalue weighted by molar-refractivity contribution is 6.32. The minimum absolute atomic E-state index is 0.189. The molecule has 1 aromatic rings. The summed E-state index contributed by atoms with van der Waals surface area (Å²) >= 11 is 6.02. The lowest BCUT2D eigenvalue weighted by Gasteiger charge is -2.14. The van der Waals surface area contributed by atoms with Gasteiger partial charge in [-0.2, -0.15) is 5.10 Å². The van der Waals surface area contributed by atoms with Crippen LogP contribution in [-0.4, -0.2) is 15.8 Å². The van der Waals surface area contributed by atoms with Crippen molar-refractivity contribution in [1.82, 2.24) is 9.78 Å². The van der Waals surface area contributed by atoms with Gasteiger partial charge < -0.3 is 5.32 Å². The van der Waals surface area contributed by atoms with Crippen molar-refractivity contribution in [3.63, 3.8) is 0 Å². The van der Waals surface area contributed by atoms with Crippen LogP contribution in [0, 0.1) is 0 Å². The molecule has 0 amide bonds. The van der Waals surface area contributed by atoms with Crippen LogP contribution < -0.4 is 10.9 Å². The molecule has 0 unspecified atom stereocenters. The molecule has 0 aromatic carbocycles. The Morgan fingerprint density at radius 2 is 2.29 bits per heavy atom. The number of halogens is 1. The predicted octanol–water partition coefficient (Wildman–Crippen LogP) is 2.21. The molecule has 0 spiro atoms. The standard InChI is InChI=1S/C12H14ClN3O/c1-2-7-16-12(17)11(13)10(8-14-16)15-9-5-3-4-6-9/h2-4,8-9,15H,1,5-7H2. The molecule has 90 valence electrons. The third kappa shape index (κ3) is 2.58. The van der Waals surface area contributed by atoms with Gasteiger partial charge >= 0.3 is 0 Å². The van der Waals surface area contributed by atoms with Gasteiger partial charge in [0.2, 0.25) is 0 Å². The number of anilines is 1. The summed E-state index contributed by atoms with van der Waals surface area (Å²) in [5.74, 6) is 0. The van der Waals surface area contributed by atoms with Crippen LogP contribution in [0.4, 0.5) is 5.69 Å². The van der Waals surface area contributed by atoms with Crippen molar-refractivity contribution in [2.45, 2.75) is 25.4 Å². The zero-order valence-corrected chi connectivity index (χ0v) is 10.2. The third-order valence-electron chi connectivity index (χ3n) is 2.65. The van der Waals surface area contributed by atoms with Gasteiger partial charge in [0.1, 0.15) is 5.02 Å². The Labute approximate surface area is 105 Å². The molecule has 1 aromatic heterocycles. The van der Waals surface area contributed by atoms with Crippen LogP contribution >= 0.6 is 11.6 Å². The van der Waals surface area contributed by atoms with Gasteiger partial charge in [-0.25, -0.2) is 4.68 Å². The minimum atomic E-state index is -0.289. The van der Waals surface area contributed by atoms with Crippen LogP contribution in [0.1, 0.15) is 12.8 Å². The van der Waals surface area contributed by atoms with E-state index in [1.54, 1.807) is 12.3 Å². The molecule has 1 aliphatic carbocycles. The second kappa shape index (κ2) is 5.19. The van der Waals surface area contributed by atoms with E-state index in [-0.39, 0.29) is 10.6 Å². The highest BCUT2D eigenvalue weighted by Gasteiger charge is 2.14. The summed E-state index contributed by atoms with van der Waals surface area (Å²) in [6.07, 6.45) is 9.32. The summed E-state index contributed by atoms with van der Waals surface area (Å²) in [5.41, 5.74) is 0.313. The molecule has 0 fully saturated rings. The fourth-order valence-electron chi connectivity index (χ4n) is 1.77. The fourth-order valence-corrected chi connectivity index (χ4v) is 1.97. The lowest BCUT2D eigenvalue weighted by Crippen LogP contribution is -2.25. The first-order valence-corrected chi connectivity index (χ1v) is 5.88. The first-order chi connectivity index (χ1) is 8.22. The van der Waals surface area contributed by atoms with Gasteiger partial charge in [0.05, 0.1) is 18.4 Å². The first kappa shape index (κ1) is 11.9. The van der Waals surface area contributed by atoms with E-state index in [0.717, 1.165) is 12.8 Å². The van der Waals surface area contributed by atoms with E-state index in [0.29, 0.717) is 18.3 Å². The van der Waals surface area contributed by atoms with Crippen LogP contribution in [0.25, 0.3) is 0 Å². The van der Waals surface area contributed by atoms with Crippen molar-refractivity contribution in [2.75, 3.05) is 5.32 Å². The molecule has 1 aliphatic rings. The molecule has 17 heavy (non-hydrogen) atoms. The average Bonchev–Trinajstić information content (AvgIpc) is 2.82. The normalized spacial score (nSPS) is 15.1. The number of allylic oxidation sites excluding steroid dienone is 1. The topological polar surface area (TPSA) is 46.9 Å². The molecule has 1 N–H and O–H groups in total. The van der Waals surface area contributed by atoms with Gasteiger partial charge in [-0.05, 0) is 12.8 Å². The van der Waals surface area contributed by atoms with Crippen molar-refractivity contribution >= 4 is 17.3 Å². The summed E-state index contributed by atoms with van der Waals surface area (Å²) in [5, 5.41) is 7.45. The van der Waals surface area contributed by atoms with Crippen molar-refractivity contribution in [1.29, 1.82) is 0 Å². The Bertz CT molecular complexity index is 499. The Kier molecular flexibility index (Phi) is 3.64. The van der Waals surface area contributed by atoms with Crippen molar-refractivity contribution in [2.24, 2.45) is 0 Å². The maximum absolute atomic E-state index is 11.8. The second-order valence-electron chi connectivity index (χ2n) is 3.93. The van der Waals surface area contributed by atoms with E-state index in [1.807, 2.05) is 0 Å². The molecule has 4 nitrogen and oxygen atoms in total. The van der Waals surface area contributed by atoms with E-state index >= 15 is 0 Å². The Hall–Kier alpha value is -1.55. The molecule has 1 heterocycles. The molecular formula is C12H14ClN3O. The summed E-state index contributed by atoms with van der Waals surface area (Å²) in [6.45, 7) is 3.93. The zero-order chi connectivity index (χ0) is 12.3. The summed E-state index contributed by atoms with van der Waals surface area (Å²) in [6, 6.07) is 0.309. The molecule has 0 radical (unpaired) electrons. The minimum Gasteiger partial charge on any atom is -0.379 e. The van der Waals surface area contributed by atoms with Crippen LogP contribution in [-0.2, 0) is 6.54 Å². The van der Waals surface area contributed by atoms with E-state index in [1.165, 1.54) is 4.68 Å². The van der Waals surface area contributed by atoms with E-state index < -0.39 is 0 Å². The quantitative estimate of drug-likeness (QED) is 0.835. The summed E-state index contributed by atoms with van der Waals surface area (Å²) in [4.78, 5) is 11.8. The maximum Gasteiger partial charge on any atom is 0.287 e. The number of hydrogen-bond donors (Lipinski definition) is 1. The Balaban J connectivity index is 2.21. The van der Waals surface area contributed by atoms with Gasteiger partial charge in [0.25, 0.3) is 5.56 Å². The Morgan fingerprint density at radius 1 is 1.59 bits per heavy atom. The monoisotopic (exact) mass is 251 g/mol. The number of hydrogen-bond acceptors (Lipinski definition) is 3. The summed E-state index contributed by atoms with van der Waals surface area (Å²) in [7, 11) is 0. The molecule has 2 rings (SSSR count). The number of nitrogens with zero attached hydrogens (tertiary/aromatic N) is 2. The first-order valence-electron chi connectivity index (χ1n) is 5.50. The molecular weight excluding hydrogens is 238 g/mol. The fraction of sp³-hybridized carbons (Fsp3) is 0.333. The van der Waals surface area contributed by atoms with Gasteiger partial charge in [-0.15, -0.1) is 6.58 Å². The van der Waals surface area contributed by atoms with Crippen molar-refractivity contribution in [3.8, 4) is 0 Å². The number of aromatic nitrogens is 2. The Morgan fingerprint density at radius 3 is 2.94 bits per heavy atom. The lowest BCUT2D eigenvalue weighted by atomic mass is 10.2. The number of nitrogens with one attached hydrogen (secondary N) is 1. The van der Waals surface area contributed by atoms with Gasteiger partial charge in [0.15, 0.2) is 0 Å². The third-order valence-corrected chi connectivity index (χ3v) is 3.02. The van der Waals surface area contributed by atoms with Gasteiger partial charge in [-0.3, -0.25) is 4.79 Å². The molecule has 0 saturated carbocycles. The van der Waals surface area contributed by atoms with Gasteiger partial charge in [-0.1, -0.05) is 29.8 Å². The van der Waals surface area contributed by atoms with Crippen LogP contribution in [0.3, 0.4) is 0 Å². The van der Waals surface area contributed by atoms with Crippen LogP contribution in [0.2, 0.25) is 5.02 Å². The van der Waals surface area contributed by atoms with Crippen LogP contribution in [0.15, 0.2) is 35.8 Å². The van der Waals surface area contributed by atoms with Gasteiger partial charge in [0, 0.05) is 6.04 Å². The largest absolute Gasteiger partial charge is 0.379 e. The van der Waals surface area contributed by atoms with E-state index in [2.05, 4.69) is 29.1 Å². The zero-order valence-electron chi connectivity index (χ0n) is 9.40. The number of rotatable bonds is 4. The molecule has 5 heteroatoms. The predicted molar refractivity (Wildman–Crippen MR) is 69.5 cm³/mol. The van der Waals surface area contributed by atoms with E-state index in [4.69, 9.17) is 11.6 Å². The lowest BCUT2D eigenvalue weighted by molar-refractivity contribution is 0.651. The molecule has 0 aliphatic heterocycles. The molecule has 0 bridgehead atoms. The van der Waals surface area contributed by atoms with E-state index in [9.17, 15) is 4.79 Å². The molecule has 0 atom stereocenters. The van der Waals surface area contributed by atoms with Crippen molar-refractivity contribution < 1.29 is 0 Å². The highest BCUT2D eigenvalue weighted by Crippen LogP contribution is 2.20.